The van der Waals surface area contributed by atoms with E-state index in [0.29, 0.717) is 10.6 Å². The van der Waals surface area contributed by atoms with Gasteiger partial charge in [-0.05, 0) is 41.5 Å². The molecule has 2 aromatic carbocycles. The van der Waals surface area contributed by atoms with Gasteiger partial charge in [0.15, 0.2) is 9.84 Å². The molecule has 118 valence electrons. The van der Waals surface area contributed by atoms with E-state index in [2.05, 4.69) is 0 Å². The molecule has 7 heteroatoms. The molecule has 0 aliphatic carbocycles. The van der Waals surface area contributed by atoms with Crippen molar-refractivity contribution in [1.29, 1.82) is 5.26 Å². The molecular formula is C16H10Cl2FNO2S. The largest absolute Gasteiger partial charge is 0.223 e. The molecule has 0 amide bonds. The van der Waals surface area contributed by atoms with Crippen molar-refractivity contribution in [2.75, 3.05) is 0 Å². The minimum Gasteiger partial charge on any atom is -0.223 e. The summed E-state index contributed by atoms with van der Waals surface area (Å²) in [6, 6.07) is 11.4. The van der Waals surface area contributed by atoms with Crippen LogP contribution in [-0.4, -0.2) is 8.42 Å². The Hall–Kier alpha value is -1.87. The number of nitriles is 1. The molecule has 2 rings (SSSR count). The predicted molar refractivity (Wildman–Crippen MR) is 89.1 cm³/mol. The Morgan fingerprint density at radius 2 is 1.83 bits per heavy atom. The van der Waals surface area contributed by atoms with Gasteiger partial charge in [-0.15, -0.1) is 0 Å². The van der Waals surface area contributed by atoms with E-state index < -0.39 is 20.6 Å². The van der Waals surface area contributed by atoms with Gasteiger partial charge < -0.3 is 0 Å². The van der Waals surface area contributed by atoms with E-state index in [1.807, 2.05) is 0 Å². The van der Waals surface area contributed by atoms with Gasteiger partial charge in [-0.25, -0.2) is 12.8 Å². The maximum Gasteiger partial charge on any atom is 0.192 e. The van der Waals surface area contributed by atoms with E-state index in [1.54, 1.807) is 30.3 Å². The van der Waals surface area contributed by atoms with E-state index in [4.69, 9.17) is 28.5 Å². The molecule has 0 fully saturated rings. The van der Waals surface area contributed by atoms with Crippen LogP contribution in [0.1, 0.15) is 11.1 Å². The summed E-state index contributed by atoms with van der Waals surface area (Å²) in [6.07, 6.45) is 1.13. The summed E-state index contributed by atoms with van der Waals surface area (Å²) >= 11 is 11.6. The normalized spacial score (nSPS) is 12.0. The van der Waals surface area contributed by atoms with Crippen LogP contribution in [0, 0.1) is 17.1 Å². The quantitative estimate of drug-likeness (QED) is 0.739. The van der Waals surface area contributed by atoms with Crippen molar-refractivity contribution in [3.05, 3.63) is 74.4 Å². The minimum absolute atomic E-state index is 0.0273. The molecular weight excluding hydrogens is 360 g/mol. The monoisotopic (exact) mass is 369 g/mol. The lowest BCUT2D eigenvalue weighted by atomic mass is 10.2. The summed E-state index contributed by atoms with van der Waals surface area (Å²) in [5.41, 5.74) is 0.755. The van der Waals surface area contributed by atoms with Crippen molar-refractivity contribution >= 4 is 39.1 Å². The maximum absolute atomic E-state index is 13.0. The number of benzene rings is 2. The zero-order valence-electron chi connectivity index (χ0n) is 11.6. The summed E-state index contributed by atoms with van der Waals surface area (Å²) in [5.74, 6) is -0.891. The van der Waals surface area contributed by atoms with Crippen LogP contribution in [0.3, 0.4) is 0 Å². The van der Waals surface area contributed by atoms with Crippen LogP contribution in [0.25, 0.3) is 6.08 Å². The SMILES string of the molecule is N#C/C(=C/c1ccc(F)cc1Cl)S(=O)(=O)Cc1ccc(Cl)cc1. The fourth-order valence-corrected chi connectivity index (χ4v) is 3.41. The third kappa shape index (κ3) is 4.55. The van der Waals surface area contributed by atoms with E-state index in [-0.39, 0.29) is 16.3 Å². The predicted octanol–water partition coefficient (Wildman–Crippen LogP) is 4.61. The van der Waals surface area contributed by atoms with E-state index in [9.17, 15) is 12.8 Å². The number of nitrogens with zero attached hydrogens (tertiary/aromatic N) is 1. The molecule has 0 spiro atoms. The number of hydrogen-bond donors (Lipinski definition) is 0. The van der Waals surface area contributed by atoms with Crippen LogP contribution in [0.5, 0.6) is 0 Å². The topological polar surface area (TPSA) is 57.9 Å². The summed E-state index contributed by atoms with van der Waals surface area (Å²) in [6.45, 7) is 0. The van der Waals surface area contributed by atoms with Crippen LogP contribution >= 0.6 is 23.2 Å². The van der Waals surface area contributed by atoms with Gasteiger partial charge in [0.2, 0.25) is 0 Å². The lowest BCUT2D eigenvalue weighted by Gasteiger charge is -2.05. The Morgan fingerprint density at radius 1 is 1.17 bits per heavy atom. The van der Waals surface area contributed by atoms with Gasteiger partial charge in [0, 0.05) is 5.02 Å². The Labute approximate surface area is 143 Å². The Kier molecular flexibility index (Phi) is 5.42. The Morgan fingerprint density at radius 3 is 2.39 bits per heavy atom. The zero-order valence-corrected chi connectivity index (χ0v) is 14.0. The lowest BCUT2D eigenvalue weighted by molar-refractivity contribution is 0.602. The smallest absolute Gasteiger partial charge is 0.192 e. The van der Waals surface area contributed by atoms with Crippen LogP contribution in [0.15, 0.2) is 47.4 Å². The highest BCUT2D eigenvalue weighted by Gasteiger charge is 2.19. The molecule has 0 unspecified atom stereocenters. The first-order valence-corrected chi connectivity index (χ1v) is 8.77. The molecule has 0 atom stereocenters. The molecule has 3 nitrogen and oxygen atoms in total. The van der Waals surface area contributed by atoms with Crippen molar-refractivity contribution in [1.82, 2.24) is 0 Å². The summed E-state index contributed by atoms with van der Waals surface area (Å²) < 4.78 is 37.7. The van der Waals surface area contributed by atoms with Crippen LogP contribution < -0.4 is 0 Å². The zero-order chi connectivity index (χ0) is 17.0. The van der Waals surface area contributed by atoms with Gasteiger partial charge in [0.25, 0.3) is 0 Å². The van der Waals surface area contributed by atoms with Gasteiger partial charge >= 0.3 is 0 Å². The van der Waals surface area contributed by atoms with Crippen LogP contribution in [-0.2, 0) is 15.6 Å². The molecule has 0 saturated heterocycles. The van der Waals surface area contributed by atoms with Crippen molar-refractivity contribution in [2.24, 2.45) is 0 Å². The number of sulfone groups is 1. The van der Waals surface area contributed by atoms with E-state index >= 15 is 0 Å². The first-order chi connectivity index (χ1) is 10.8. The lowest BCUT2D eigenvalue weighted by Crippen LogP contribution is -2.06. The molecule has 0 aliphatic heterocycles. The summed E-state index contributed by atoms with van der Waals surface area (Å²) in [4.78, 5) is -0.444. The van der Waals surface area contributed by atoms with Gasteiger partial charge in [0.1, 0.15) is 16.8 Å². The number of allylic oxidation sites excluding steroid dienone is 1. The third-order valence-electron chi connectivity index (χ3n) is 2.96. The molecule has 0 heterocycles. The van der Waals surface area contributed by atoms with Crippen molar-refractivity contribution in [2.45, 2.75) is 5.75 Å². The van der Waals surface area contributed by atoms with Gasteiger partial charge in [0.05, 0.1) is 10.8 Å². The second-order valence-corrected chi connectivity index (χ2v) is 7.47. The highest BCUT2D eigenvalue weighted by Crippen LogP contribution is 2.23. The second-order valence-electron chi connectivity index (χ2n) is 4.67. The minimum atomic E-state index is -3.86. The fourth-order valence-electron chi connectivity index (χ4n) is 1.83. The van der Waals surface area contributed by atoms with Gasteiger partial charge in [-0.2, -0.15) is 5.26 Å². The molecule has 0 aliphatic rings. The average molecular weight is 370 g/mol. The first kappa shape index (κ1) is 17.5. The standard InChI is InChI=1S/C16H10Cl2FNO2S/c17-13-4-1-11(2-5-13)10-23(21,22)15(9-20)7-12-3-6-14(19)8-16(12)18/h1-8H,10H2/b15-7-. The fraction of sp³-hybridized carbons (Fsp3) is 0.0625. The van der Waals surface area contributed by atoms with E-state index in [0.717, 1.165) is 18.2 Å². The summed E-state index contributed by atoms with van der Waals surface area (Å²) in [5, 5.41) is 9.67. The highest BCUT2D eigenvalue weighted by molar-refractivity contribution is 7.95. The molecule has 0 aromatic heterocycles. The van der Waals surface area contributed by atoms with Crippen LogP contribution in [0.2, 0.25) is 10.0 Å². The number of hydrogen-bond acceptors (Lipinski definition) is 3. The molecule has 0 radical (unpaired) electrons. The van der Waals surface area contributed by atoms with Crippen molar-refractivity contribution in [3.8, 4) is 6.07 Å². The molecule has 0 N–H and O–H groups in total. The Bertz CT molecular complexity index is 901. The van der Waals surface area contributed by atoms with Crippen molar-refractivity contribution in [3.63, 3.8) is 0 Å². The van der Waals surface area contributed by atoms with Gasteiger partial charge in [-0.3, -0.25) is 0 Å². The molecule has 0 saturated carbocycles. The number of rotatable bonds is 4. The molecule has 2 aromatic rings. The first-order valence-electron chi connectivity index (χ1n) is 6.36. The van der Waals surface area contributed by atoms with Gasteiger partial charge in [-0.1, -0.05) is 41.4 Å². The summed E-state index contributed by atoms with van der Waals surface area (Å²) in [7, 11) is -3.86. The third-order valence-corrected chi connectivity index (χ3v) is 5.14. The molecule has 23 heavy (non-hydrogen) atoms. The highest BCUT2D eigenvalue weighted by atomic mass is 35.5. The van der Waals surface area contributed by atoms with E-state index in [1.165, 1.54) is 6.07 Å². The average Bonchev–Trinajstić information content (AvgIpc) is 2.48. The second kappa shape index (κ2) is 7.14. The Balaban J connectivity index is 2.37. The maximum atomic E-state index is 13.0. The van der Waals surface area contributed by atoms with Crippen molar-refractivity contribution < 1.29 is 12.8 Å². The van der Waals surface area contributed by atoms with Crippen LogP contribution in [0.4, 0.5) is 4.39 Å². The molecule has 0 bridgehead atoms. The number of halogens is 3.